The monoisotopic (exact) mass is 591 g/mol. The second-order valence-corrected chi connectivity index (χ2v) is 12.0. The zero-order valence-electron chi connectivity index (χ0n) is 25.7. The number of methoxy groups -OCH3 is 2. The van der Waals surface area contributed by atoms with E-state index < -0.39 is 23.5 Å². The van der Waals surface area contributed by atoms with Gasteiger partial charge in [0.25, 0.3) is 5.91 Å². The highest BCUT2D eigenvalue weighted by atomic mass is 19.1. The summed E-state index contributed by atoms with van der Waals surface area (Å²) >= 11 is 0. The van der Waals surface area contributed by atoms with Gasteiger partial charge in [-0.1, -0.05) is 0 Å². The van der Waals surface area contributed by atoms with Gasteiger partial charge in [0, 0.05) is 28.9 Å². The maximum absolute atomic E-state index is 15.6. The minimum atomic E-state index is -1.31. The zero-order chi connectivity index (χ0) is 31.2. The quantitative estimate of drug-likeness (QED) is 0.331. The van der Waals surface area contributed by atoms with E-state index in [1.807, 2.05) is 19.9 Å². The Bertz CT molecular complexity index is 1610. The molecule has 8 nitrogen and oxygen atoms in total. The van der Waals surface area contributed by atoms with Gasteiger partial charge >= 0.3 is 5.97 Å². The van der Waals surface area contributed by atoms with Gasteiger partial charge in [-0.3, -0.25) is 4.79 Å². The third-order valence-electron chi connectivity index (χ3n) is 8.07. The highest BCUT2D eigenvalue weighted by Gasteiger charge is 2.37. The van der Waals surface area contributed by atoms with Crippen LogP contribution in [0.4, 0.5) is 10.1 Å². The molecule has 1 N–H and O–H groups in total. The summed E-state index contributed by atoms with van der Waals surface area (Å²) in [4.78, 5) is 28.3. The van der Waals surface area contributed by atoms with Crippen molar-refractivity contribution in [2.75, 3.05) is 32.3 Å². The van der Waals surface area contributed by atoms with Crippen LogP contribution in [0.15, 0.2) is 30.3 Å². The number of halogens is 1. The van der Waals surface area contributed by atoms with Gasteiger partial charge in [-0.25, -0.2) is 9.18 Å². The van der Waals surface area contributed by atoms with Crippen LogP contribution in [0.3, 0.4) is 0 Å². The lowest BCUT2D eigenvalue weighted by atomic mass is 9.83. The Labute approximate surface area is 251 Å². The fourth-order valence-corrected chi connectivity index (χ4v) is 6.18. The maximum Gasteiger partial charge on any atom is 0.337 e. The highest BCUT2D eigenvalue weighted by Crippen LogP contribution is 2.48. The predicted molar refractivity (Wildman–Crippen MR) is 161 cm³/mol. The number of fused-ring (bicyclic) bond motifs is 2. The molecule has 0 saturated heterocycles. The molecule has 228 valence electrons. The number of amides is 1. The molecule has 1 atom stereocenters. The average Bonchev–Trinajstić information content (AvgIpc) is 3.39. The van der Waals surface area contributed by atoms with Crippen molar-refractivity contribution in [1.29, 1.82) is 0 Å². The number of nitrogens with zero attached hydrogens (tertiary/aromatic N) is 1. The maximum atomic E-state index is 15.6. The van der Waals surface area contributed by atoms with E-state index in [1.165, 1.54) is 20.3 Å². The molecule has 0 radical (unpaired) electrons. The SMILES string of the molecule is COc1ccc(C(=O)N2CCc3c2cc(C)c(C(OC(C)(C)C)C(=O)O)c3-c2cc(F)c3c(c2C)CCCO3)cc1OC. The molecule has 2 heterocycles. The molecule has 0 spiro atoms. The van der Waals surface area contributed by atoms with Gasteiger partial charge in [0.15, 0.2) is 29.2 Å². The number of ether oxygens (including phenoxy) is 4. The number of hydrogen-bond acceptors (Lipinski definition) is 6. The zero-order valence-corrected chi connectivity index (χ0v) is 25.7. The number of rotatable bonds is 7. The Morgan fingerprint density at radius 1 is 1.02 bits per heavy atom. The van der Waals surface area contributed by atoms with Gasteiger partial charge in [0.05, 0.1) is 26.4 Å². The number of anilines is 1. The first-order valence-electron chi connectivity index (χ1n) is 14.4. The Balaban J connectivity index is 1.74. The molecule has 3 aromatic carbocycles. The number of carbonyl (C=O) groups is 2. The summed E-state index contributed by atoms with van der Waals surface area (Å²) in [5.74, 6) is -0.669. The molecule has 0 aromatic heterocycles. The van der Waals surface area contributed by atoms with Crippen molar-refractivity contribution < 1.29 is 38.0 Å². The molecule has 2 aliphatic rings. The number of benzene rings is 3. The van der Waals surface area contributed by atoms with Crippen LogP contribution in [0.1, 0.15) is 71.5 Å². The topological polar surface area (TPSA) is 94.5 Å². The first-order valence-corrected chi connectivity index (χ1v) is 14.4. The molecule has 0 aliphatic carbocycles. The third kappa shape index (κ3) is 5.54. The normalized spacial score (nSPS) is 14.9. The van der Waals surface area contributed by atoms with Crippen molar-refractivity contribution in [1.82, 2.24) is 0 Å². The summed E-state index contributed by atoms with van der Waals surface area (Å²) in [6, 6.07) is 8.29. The van der Waals surface area contributed by atoms with Gasteiger partial charge in [0.1, 0.15) is 0 Å². The molecular formula is C34H38FNO7. The predicted octanol–water partition coefficient (Wildman–Crippen LogP) is 6.60. The molecular weight excluding hydrogens is 553 g/mol. The molecule has 9 heteroatoms. The van der Waals surface area contributed by atoms with Crippen LogP contribution >= 0.6 is 0 Å². The summed E-state index contributed by atoms with van der Waals surface area (Å²) in [5, 5.41) is 10.4. The molecule has 43 heavy (non-hydrogen) atoms. The van der Waals surface area contributed by atoms with E-state index >= 15 is 4.39 Å². The van der Waals surface area contributed by atoms with Crippen molar-refractivity contribution in [2.45, 2.75) is 65.6 Å². The minimum Gasteiger partial charge on any atom is -0.493 e. The fraction of sp³-hybridized carbons (Fsp3) is 0.412. The first-order chi connectivity index (χ1) is 20.4. The second-order valence-electron chi connectivity index (χ2n) is 12.0. The Hall–Kier alpha value is -4.11. The van der Waals surface area contributed by atoms with Crippen LogP contribution in [0.25, 0.3) is 11.1 Å². The van der Waals surface area contributed by atoms with E-state index in [4.69, 9.17) is 18.9 Å². The van der Waals surface area contributed by atoms with Crippen LogP contribution in [0, 0.1) is 19.7 Å². The summed E-state index contributed by atoms with van der Waals surface area (Å²) in [6.45, 7) is 9.95. The van der Waals surface area contributed by atoms with Gasteiger partial charge in [-0.2, -0.15) is 0 Å². The van der Waals surface area contributed by atoms with Gasteiger partial charge in [-0.15, -0.1) is 0 Å². The van der Waals surface area contributed by atoms with E-state index in [0.29, 0.717) is 71.0 Å². The molecule has 0 bridgehead atoms. The van der Waals surface area contributed by atoms with E-state index in [1.54, 1.807) is 43.9 Å². The van der Waals surface area contributed by atoms with Crippen molar-refractivity contribution in [2.24, 2.45) is 0 Å². The lowest BCUT2D eigenvalue weighted by Crippen LogP contribution is -2.29. The highest BCUT2D eigenvalue weighted by molar-refractivity contribution is 6.08. The van der Waals surface area contributed by atoms with E-state index in [0.717, 1.165) is 23.1 Å². The molecule has 0 saturated carbocycles. The van der Waals surface area contributed by atoms with Crippen molar-refractivity contribution in [3.05, 3.63) is 69.5 Å². The Morgan fingerprint density at radius 2 is 1.74 bits per heavy atom. The minimum absolute atomic E-state index is 0.236. The Kier molecular flexibility index (Phi) is 8.13. The number of aryl methyl sites for hydroxylation is 1. The van der Waals surface area contributed by atoms with Crippen molar-refractivity contribution in [3.8, 4) is 28.4 Å². The van der Waals surface area contributed by atoms with E-state index in [9.17, 15) is 14.7 Å². The molecule has 1 amide bonds. The number of carboxylic acid groups (broad SMARTS) is 1. The number of hydrogen-bond donors (Lipinski definition) is 1. The molecule has 0 fully saturated rings. The number of carboxylic acids is 1. The fourth-order valence-electron chi connectivity index (χ4n) is 6.18. The summed E-state index contributed by atoms with van der Waals surface area (Å²) in [7, 11) is 3.04. The molecule has 1 unspecified atom stereocenters. The van der Waals surface area contributed by atoms with Crippen LogP contribution in [0.5, 0.6) is 17.2 Å². The smallest absolute Gasteiger partial charge is 0.337 e. The largest absolute Gasteiger partial charge is 0.493 e. The second kappa shape index (κ2) is 11.5. The van der Waals surface area contributed by atoms with Crippen LogP contribution < -0.4 is 19.1 Å². The van der Waals surface area contributed by atoms with Crippen molar-refractivity contribution >= 4 is 17.6 Å². The van der Waals surface area contributed by atoms with Gasteiger partial charge in [0.2, 0.25) is 0 Å². The molecule has 2 aliphatic heterocycles. The van der Waals surface area contributed by atoms with Crippen LogP contribution in [-0.4, -0.2) is 50.0 Å². The lowest BCUT2D eigenvalue weighted by molar-refractivity contribution is -0.160. The average molecular weight is 592 g/mol. The molecule has 3 aromatic rings. The number of carbonyl (C=O) groups excluding carboxylic acids is 1. The summed E-state index contributed by atoms with van der Waals surface area (Å²) in [5.41, 5.74) is 4.96. The number of aliphatic carboxylic acids is 1. The standard InChI is InChI=1S/C34H38FNO7/c1-18-15-25-22(12-13-36(25)32(37)20-10-11-26(40-6)27(16-20)41-7)29(28(18)31(33(38)39)43-34(3,4)5)23-17-24(35)30-21(19(23)2)9-8-14-42-30/h10-11,15-17,31H,8-9,12-14H2,1-7H3,(H,38,39). The molecule has 5 rings (SSSR count). The third-order valence-corrected chi connectivity index (χ3v) is 8.07. The van der Waals surface area contributed by atoms with E-state index in [2.05, 4.69) is 0 Å². The summed E-state index contributed by atoms with van der Waals surface area (Å²) < 4.78 is 38.2. The van der Waals surface area contributed by atoms with Crippen molar-refractivity contribution in [3.63, 3.8) is 0 Å². The Morgan fingerprint density at radius 3 is 2.40 bits per heavy atom. The summed E-state index contributed by atoms with van der Waals surface area (Å²) in [6.07, 6.45) is 0.548. The van der Waals surface area contributed by atoms with E-state index in [-0.39, 0.29) is 11.7 Å². The van der Waals surface area contributed by atoms with Gasteiger partial charge in [-0.05, 0) is 112 Å². The lowest BCUT2D eigenvalue weighted by Gasteiger charge is -2.30. The van der Waals surface area contributed by atoms with Crippen LogP contribution in [-0.2, 0) is 22.4 Å². The van der Waals surface area contributed by atoms with Crippen LogP contribution in [0.2, 0.25) is 0 Å². The first kappa shape index (κ1) is 30.4. The van der Waals surface area contributed by atoms with Gasteiger partial charge < -0.3 is 29.0 Å².